The van der Waals surface area contributed by atoms with Crippen molar-refractivity contribution in [3.63, 3.8) is 0 Å². The van der Waals surface area contributed by atoms with E-state index in [1.54, 1.807) is 48.5 Å². The fourth-order valence-electron chi connectivity index (χ4n) is 2.22. The number of carbonyl (C=O) groups is 2. The van der Waals surface area contributed by atoms with E-state index in [0.717, 1.165) is 9.86 Å². The highest BCUT2D eigenvalue weighted by atomic mass is 79.9. The van der Waals surface area contributed by atoms with E-state index < -0.39 is 18.5 Å². The number of hydrogen-bond donors (Lipinski definition) is 1. The summed E-state index contributed by atoms with van der Waals surface area (Å²) >= 11 is 15.1. The first-order valence-corrected chi connectivity index (χ1v) is 8.95. The van der Waals surface area contributed by atoms with Crippen LogP contribution < -0.4 is 5.32 Å². The Bertz CT molecular complexity index is 1010. The summed E-state index contributed by atoms with van der Waals surface area (Å²) in [4.78, 5) is 28.2. The molecule has 1 heterocycles. The fourth-order valence-corrected chi connectivity index (χ4v) is 3.09. The Hall–Kier alpha value is -2.15. The van der Waals surface area contributed by atoms with Crippen LogP contribution in [0.1, 0.15) is 10.4 Å². The number of hydrogen-bond acceptors (Lipinski definition) is 4. The summed E-state index contributed by atoms with van der Waals surface area (Å²) in [7, 11) is 0. The molecule has 0 bridgehead atoms. The maximum Gasteiger partial charge on any atom is 0.338 e. The van der Waals surface area contributed by atoms with E-state index in [1.807, 2.05) is 0 Å². The monoisotopic (exact) mass is 452 g/mol. The minimum absolute atomic E-state index is 0.316. The Morgan fingerprint density at radius 1 is 1.08 bits per heavy atom. The molecule has 0 aliphatic heterocycles. The first-order chi connectivity index (χ1) is 12.4. The van der Waals surface area contributed by atoms with Gasteiger partial charge < -0.3 is 10.1 Å². The topological polar surface area (TPSA) is 68.3 Å². The highest BCUT2D eigenvalue weighted by Gasteiger charge is 2.12. The van der Waals surface area contributed by atoms with Crippen molar-refractivity contribution in [2.24, 2.45) is 0 Å². The van der Waals surface area contributed by atoms with E-state index in [9.17, 15) is 9.59 Å². The van der Waals surface area contributed by atoms with Gasteiger partial charge in [-0.1, -0.05) is 39.1 Å². The predicted molar refractivity (Wildman–Crippen MR) is 105 cm³/mol. The molecule has 3 aromatic rings. The van der Waals surface area contributed by atoms with Crippen molar-refractivity contribution < 1.29 is 14.3 Å². The first kappa shape index (κ1) is 18.6. The molecule has 8 heteroatoms. The fraction of sp³-hybridized carbons (Fsp3) is 0.0556. The van der Waals surface area contributed by atoms with E-state index in [4.69, 9.17) is 27.9 Å². The quantitative estimate of drug-likeness (QED) is 0.440. The van der Waals surface area contributed by atoms with Gasteiger partial charge in [-0.05, 0) is 48.5 Å². The summed E-state index contributed by atoms with van der Waals surface area (Å²) in [5.41, 5.74) is 1.41. The highest BCUT2D eigenvalue weighted by Crippen LogP contribution is 2.25. The van der Waals surface area contributed by atoms with Crippen LogP contribution in [0.25, 0.3) is 10.9 Å². The molecule has 0 spiro atoms. The number of halogens is 3. The van der Waals surface area contributed by atoms with Gasteiger partial charge in [-0.15, -0.1) is 0 Å². The predicted octanol–water partition coefficient (Wildman–Crippen LogP) is 5.10. The lowest BCUT2D eigenvalue weighted by Gasteiger charge is -2.09. The van der Waals surface area contributed by atoms with Crippen molar-refractivity contribution in [2.75, 3.05) is 11.9 Å². The number of esters is 1. The number of carbonyl (C=O) groups excluding carboxylic acids is 2. The van der Waals surface area contributed by atoms with Gasteiger partial charge in [0.2, 0.25) is 0 Å². The summed E-state index contributed by atoms with van der Waals surface area (Å²) in [6, 6.07) is 13.3. The summed E-state index contributed by atoms with van der Waals surface area (Å²) in [6.07, 6.45) is 0. The van der Waals surface area contributed by atoms with Crippen molar-refractivity contribution in [3.8, 4) is 0 Å². The number of nitrogens with zero attached hydrogens (tertiary/aromatic N) is 1. The molecule has 0 aliphatic rings. The molecule has 132 valence electrons. The largest absolute Gasteiger partial charge is 0.452 e. The van der Waals surface area contributed by atoms with Crippen molar-refractivity contribution in [2.45, 2.75) is 0 Å². The molecule has 0 radical (unpaired) electrons. The zero-order chi connectivity index (χ0) is 18.7. The van der Waals surface area contributed by atoms with Gasteiger partial charge in [-0.2, -0.15) is 0 Å². The Balaban J connectivity index is 1.63. The molecule has 0 unspecified atom stereocenters. The average Bonchev–Trinajstić information content (AvgIpc) is 2.61. The maximum absolute atomic E-state index is 12.1. The van der Waals surface area contributed by atoms with E-state index in [-0.39, 0.29) is 0 Å². The molecule has 1 amide bonds. The molecule has 0 aliphatic carbocycles. The van der Waals surface area contributed by atoms with Crippen LogP contribution in [0.3, 0.4) is 0 Å². The van der Waals surface area contributed by atoms with Gasteiger partial charge >= 0.3 is 5.97 Å². The van der Waals surface area contributed by atoms with Gasteiger partial charge in [0, 0.05) is 9.86 Å². The molecule has 1 N–H and O–H groups in total. The summed E-state index contributed by atoms with van der Waals surface area (Å²) in [5, 5.41) is 4.08. The summed E-state index contributed by atoms with van der Waals surface area (Å²) in [5.74, 6) is -1.10. The molecule has 0 saturated carbocycles. The van der Waals surface area contributed by atoms with Crippen LogP contribution in [0.5, 0.6) is 0 Å². The van der Waals surface area contributed by atoms with E-state index in [2.05, 4.69) is 26.2 Å². The van der Waals surface area contributed by atoms with Gasteiger partial charge in [0.05, 0.1) is 21.8 Å². The number of nitrogens with one attached hydrogen (secondary N) is 1. The van der Waals surface area contributed by atoms with E-state index in [1.165, 1.54) is 0 Å². The smallest absolute Gasteiger partial charge is 0.338 e. The second-order valence-corrected chi connectivity index (χ2v) is 7.00. The number of fused-ring (bicyclic) bond motifs is 1. The molecule has 2 aromatic carbocycles. The normalized spacial score (nSPS) is 10.6. The average molecular weight is 454 g/mol. The Labute approximate surface area is 167 Å². The molecule has 5 nitrogen and oxygen atoms in total. The minimum atomic E-state index is -0.612. The van der Waals surface area contributed by atoms with Crippen LogP contribution in [-0.4, -0.2) is 23.5 Å². The lowest BCUT2D eigenvalue weighted by Crippen LogP contribution is -2.21. The van der Waals surface area contributed by atoms with Crippen LogP contribution in [0.15, 0.2) is 53.0 Å². The molecule has 26 heavy (non-hydrogen) atoms. The SMILES string of the molecule is O=C(COC(=O)c1ccc2nc(Cl)ccc2c1)Nc1ccc(Br)cc1Cl. The van der Waals surface area contributed by atoms with Crippen molar-refractivity contribution in [1.82, 2.24) is 4.98 Å². The van der Waals surface area contributed by atoms with Crippen molar-refractivity contribution >= 4 is 67.6 Å². The molecule has 1 aromatic heterocycles. The van der Waals surface area contributed by atoms with Crippen LogP contribution >= 0.6 is 39.1 Å². The molecular weight excluding hydrogens is 443 g/mol. The number of ether oxygens (including phenoxy) is 1. The lowest BCUT2D eigenvalue weighted by molar-refractivity contribution is -0.119. The van der Waals surface area contributed by atoms with Crippen molar-refractivity contribution in [3.05, 3.63) is 68.7 Å². The summed E-state index contributed by atoms with van der Waals surface area (Å²) < 4.78 is 5.84. The zero-order valence-electron chi connectivity index (χ0n) is 13.1. The molecule has 0 atom stereocenters. The zero-order valence-corrected chi connectivity index (χ0v) is 16.2. The molecule has 3 rings (SSSR count). The Morgan fingerprint density at radius 3 is 2.65 bits per heavy atom. The van der Waals surface area contributed by atoms with Crippen LogP contribution in [0, 0.1) is 0 Å². The number of aromatic nitrogens is 1. The Morgan fingerprint density at radius 2 is 1.88 bits per heavy atom. The number of benzene rings is 2. The van der Waals surface area contributed by atoms with Gasteiger partial charge in [0.1, 0.15) is 5.15 Å². The Kier molecular flexibility index (Phi) is 5.76. The highest BCUT2D eigenvalue weighted by molar-refractivity contribution is 9.10. The van der Waals surface area contributed by atoms with Gasteiger partial charge in [-0.25, -0.2) is 9.78 Å². The number of anilines is 1. The van der Waals surface area contributed by atoms with Gasteiger partial charge in [0.25, 0.3) is 5.91 Å². The van der Waals surface area contributed by atoms with Crippen LogP contribution in [0.4, 0.5) is 5.69 Å². The molecule has 0 fully saturated rings. The second kappa shape index (κ2) is 8.03. The second-order valence-electron chi connectivity index (χ2n) is 5.29. The third-order valence-corrected chi connectivity index (χ3v) is 4.45. The third kappa shape index (κ3) is 4.52. The lowest BCUT2D eigenvalue weighted by atomic mass is 10.1. The first-order valence-electron chi connectivity index (χ1n) is 7.41. The van der Waals surface area contributed by atoms with Gasteiger partial charge in [0.15, 0.2) is 6.61 Å². The maximum atomic E-state index is 12.1. The van der Waals surface area contributed by atoms with E-state index >= 15 is 0 Å². The van der Waals surface area contributed by atoms with Crippen molar-refractivity contribution in [1.29, 1.82) is 0 Å². The van der Waals surface area contributed by atoms with Gasteiger partial charge in [-0.3, -0.25) is 4.79 Å². The summed E-state index contributed by atoms with van der Waals surface area (Å²) in [6.45, 7) is -0.428. The van der Waals surface area contributed by atoms with Crippen LogP contribution in [0.2, 0.25) is 10.2 Å². The standard InChI is InChI=1S/C18H11BrCl2N2O3/c19-12-3-5-15(13(20)8-12)23-17(24)9-26-18(25)11-1-4-14-10(7-11)2-6-16(21)22-14/h1-8H,9H2,(H,23,24). The third-order valence-electron chi connectivity index (χ3n) is 3.43. The van der Waals surface area contributed by atoms with E-state index in [0.29, 0.717) is 26.9 Å². The van der Waals surface area contributed by atoms with Crippen LogP contribution in [-0.2, 0) is 9.53 Å². The molecular formula is C18H11BrCl2N2O3. The number of amides is 1. The minimum Gasteiger partial charge on any atom is -0.452 e. The number of pyridine rings is 1. The number of rotatable bonds is 4. The molecule has 0 saturated heterocycles.